The highest BCUT2D eigenvalue weighted by molar-refractivity contribution is 5.97. The van der Waals surface area contributed by atoms with Crippen LogP contribution in [0.5, 0.6) is 0 Å². The summed E-state index contributed by atoms with van der Waals surface area (Å²) in [7, 11) is 0. The Labute approximate surface area is 137 Å². The van der Waals surface area contributed by atoms with Crippen molar-refractivity contribution in [1.82, 2.24) is 10.2 Å². The highest BCUT2D eigenvalue weighted by atomic mass is 16.3. The number of aliphatic hydroxyl groups is 1. The second-order valence-electron chi connectivity index (χ2n) is 6.73. The maximum Gasteiger partial charge on any atom is 0.254 e. The van der Waals surface area contributed by atoms with E-state index in [0.29, 0.717) is 31.5 Å². The Balaban J connectivity index is 2.00. The quantitative estimate of drug-likeness (QED) is 0.872. The fourth-order valence-corrected chi connectivity index (χ4v) is 2.80. The molecule has 1 aliphatic heterocycles. The fourth-order valence-electron chi connectivity index (χ4n) is 2.80. The summed E-state index contributed by atoms with van der Waals surface area (Å²) in [5.74, 6) is -0.217. The first kappa shape index (κ1) is 17.5. The third-order valence-corrected chi connectivity index (χ3v) is 4.12. The molecule has 0 saturated carbocycles. The van der Waals surface area contributed by atoms with Crippen LogP contribution in [-0.4, -0.2) is 46.6 Å². The Morgan fingerprint density at radius 1 is 1.26 bits per heavy atom. The molecule has 0 radical (unpaired) electrons. The van der Waals surface area contributed by atoms with Crippen LogP contribution in [0.2, 0.25) is 0 Å². The third kappa shape index (κ3) is 5.06. The molecule has 1 aromatic rings. The molecule has 126 valence electrons. The van der Waals surface area contributed by atoms with Crippen LogP contribution in [0.1, 0.15) is 49.9 Å². The smallest absolute Gasteiger partial charge is 0.254 e. The lowest BCUT2D eigenvalue weighted by Crippen LogP contribution is -2.52. The third-order valence-electron chi connectivity index (χ3n) is 4.12. The predicted octanol–water partition coefficient (Wildman–Crippen LogP) is 1.96. The molecule has 1 unspecified atom stereocenters. The van der Waals surface area contributed by atoms with Gasteiger partial charge in [-0.3, -0.25) is 9.59 Å². The average molecular weight is 318 g/mol. The van der Waals surface area contributed by atoms with Crippen molar-refractivity contribution < 1.29 is 14.7 Å². The van der Waals surface area contributed by atoms with Crippen LogP contribution < -0.4 is 5.32 Å². The van der Waals surface area contributed by atoms with E-state index in [2.05, 4.69) is 5.32 Å². The average Bonchev–Trinajstić information content (AvgIpc) is 2.53. The summed E-state index contributed by atoms with van der Waals surface area (Å²) in [6, 6.07) is 8.66. The summed E-state index contributed by atoms with van der Waals surface area (Å²) in [5, 5.41) is 12.6. The molecule has 1 saturated heterocycles. The van der Waals surface area contributed by atoms with Crippen LogP contribution in [0.25, 0.3) is 0 Å². The zero-order chi connectivity index (χ0) is 16.9. The largest absolute Gasteiger partial charge is 0.390 e. The van der Waals surface area contributed by atoms with Crippen molar-refractivity contribution in [2.24, 2.45) is 0 Å². The van der Waals surface area contributed by atoms with E-state index in [9.17, 15) is 14.7 Å². The molecule has 1 heterocycles. The molecule has 1 fully saturated rings. The molecule has 2 N–H and O–H groups in total. The van der Waals surface area contributed by atoms with Gasteiger partial charge in [0.15, 0.2) is 0 Å². The zero-order valence-corrected chi connectivity index (χ0v) is 13.9. The van der Waals surface area contributed by atoms with Crippen LogP contribution in [-0.2, 0) is 4.79 Å². The van der Waals surface area contributed by atoms with Crippen molar-refractivity contribution in [2.75, 3.05) is 13.1 Å². The SMILES string of the molecule is CC(C)(O)CCNC(=O)C1CCCCN1C(=O)c1ccccc1. The number of nitrogens with zero attached hydrogens (tertiary/aromatic N) is 1. The van der Waals surface area contributed by atoms with Crippen molar-refractivity contribution in [3.05, 3.63) is 35.9 Å². The number of nitrogens with one attached hydrogen (secondary N) is 1. The number of hydrogen-bond acceptors (Lipinski definition) is 3. The molecule has 2 amide bonds. The minimum absolute atomic E-state index is 0.0899. The number of piperidine rings is 1. The van der Waals surface area contributed by atoms with E-state index in [1.807, 2.05) is 18.2 Å². The van der Waals surface area contributed by atoms with Gasteiger partial charge < -0.3 is 15.3 Å². The Kier molecular flexibility index (Phi) is 5.77. The number of rotatable bonds is 5. The number of carbonyl (C=O) groups is 2. The summed E-state index contributed by atoms with van der Waals surface area (Å²) in [4.78, 5) is 26.8. The van der Waals surface area contributed by atoms with Crippen LogP contribution in [0, 0.1) is 0 Å². The van der Waals surface area contributed by atoms with Crippen LogP contribution in [0.4, 0.5) is 0 Å². The van der Waals surface area contributed by atoms with Gasteiger partial charge in [-0.15, -0.1) is 0 Å². The molecule has 1 aliphatic rings. The van der Waals surface area contributed by atoms with Crippen LogP contribution >= 0.6 is 0 Å². The van der Waals surface area contributed by atoms with Gasteiger partial charge in [-0.1, -0.05) is 18.2 Å². The maximum absolute atomic E-state index is 12.7. The lowest BCUT2D eigenvalue weighted by molar-refractivity contribution is -0.126. The van der Waals surface area contributed by atoms with E-state index in [0.717, 1.165) is 12.8 Å². The van der Waals surface area contributed by atoms with Gasteiger partial charge in [-0.05, 0) is 51.7 Å². The lowest BCUT2D eigenvalue weighted by Gasteiger charge is -2.35. The van der Waals surface area contributed by atoms with Gasteiger partial charge in [0.1, 0.15) is 6.04 Å². The summed E-state index contributed by atoms with van der Waals surface area (Å²) in [6.45, 7) is 4.44. The maximum atomic E-state index is 12.7. The molecule has 23 heavy (non-hydrogen) atoms. The molecule has 1 aromatic carbocycles. The van der Waals surface area contributed by atoms with Crippen molar-refractivity contribution in [1.29, 1.82) is 0 Å². The monoisotopic (exact) mass is 318 g/mol. The van der Waals surface area contributed by atoms with Gasteiger partial charge >= 0.3 is 0 Å². The van der Waals surface area contributed by atoms with Crippen LogP contribution in [0.3, 0.4) is 0 Å². The first-order valence-electron chi connectivity index (χ1n) is 8.24. The standard InChI is InChI=1S/C18H26N2O3/c1-18(2,23)11-12-19-16(21)15-10-6-7-13-20(15)17(22)14-8-4-3-5-9-14/h3-5,8-9,15,23H,6-7,10-13H2,1-2H3,(H,19,21). The molecule has 1 atom stereocenters. The first-order valence-corrected chi connectivity index (χ1v) is 8.24. The molecular formula is C18H26N2O3. The summed E-state index contributed by atoms with van der Waals surface area (Å²) in [6.07, 6.45) is 3.04. The summed E-state index contributed by atoms with van der Waals surface area (Å²) >= 11 is 0. The second-order valence-corrected chi connectivity index (χ2v) is 6.73. The van der Waals surface area contributed by atoms with E-state index in [4.69, 9.17) is 0 Å². The zero-order valence-electron chi connectivity index (χ0n) is 13.9. The number of benzene rings is 1. The van der Waals surface area contributed by atoms with E-state index < -0.39 is 11.6 Å². The van der Waals surface area contributed by atoms with Gasteiger partial charge in [0, 0.05) is 18.7 Å². The topological polar surface area (TPSA) is 69.6 Å². The van der Waals surface area contributed by atoms with E-state index >= 15 is 0 Å². The van der Waals surface area contributed by atoms with Gasteiger partial charge in [0.05, 0.1) is 5.60 Å². The molecule has 0 aromatic heterocycles. The van der Waals surface area contributed by atoms with Gasteiger partial charge in [0.25, 0.3) is 5.91 Å². The highest BCUT2D eigenvalue weighted by Gasteiger charge is 2.32. The van der Waals surface area contributed by atoms with E-state index in [1.54, 1.807) is 30.9 Å². The second kappa shape index (κ2) is 7.59. The fraction of sp³-hybridized carbons (Fsp3) is 0.556. The number of carbonyl (C=O) groups excluding carboxylic acids is 2. The summed E-state index contributed by atoms with van der Waals surface area (Å²) in [5.41, 5.74) is -0.192. The molecule has 0 aliphatic carbocycles. The Morgan fingerprint density at radius 3 is 2.61 bits per heavy atom. The van der Waals surface area contributed by atoms with Crippen LogP contribution in [0.15, 0.2) is 30.3 Å². The van der Waals surface area contributed by atoms with Crippen molar-refractivity contribution in [3.63, 3.8) is 0 Å². The van der Waals surface area contributed by atoms with E-state index in [-0.39, 0.29) is 11.8 Å². The molecule has 5 heteroatoms. The summed E-state index contributed by atoms with van der Waals surface area (Å²) < 4.78 is 0. The normalized spacial score (nSPS) is 18.6. The van der Waals surface area contributed by atoms with E-state index in [1.165, 1.54) is 0 Å². The van der Waals surface area contributed by atoms with Crippen molar-refractivity contribution in [2.45, 2.75) is 51.2 Å². The molecule has 2 rings (SSSR count). The van der Waals surface area contributed by atoms with Gasteiger partial charge in [-0.25, -0.2) is 0 Å². The van der Waals surface area contributed by atoms with Crippen molar-refractivity contribution >= 4 is 11.8 Å². The Bertz CT molecular complexity index is 537. The number of likely N-dealkylation sites (tertiary alicyclic amines) is 1. The minimum Gasteiger partial charge on any atom is -0.390 e. The van der Waals surface area contributed by atoms with Gasteiger partial charge in [-0.2, -0.15) is 0 Å². The molecular weight excluding hydrogens is 292 g/mol. The van der Waals surface area contributed by atoms with Crippen molar-refractivity contribution in [3.8, 4) is 0 Å². The minimum atomic E-state index is -0.806. The van der Waals surface area contributed by atoms with Gasteiger partial charge in [0.2, 0.25) is 5.91 Å². The lowest BCUT2D eigenvalue weighted by atomic mass is 9.99. The highest BCUT2D eigenvalue weighted by Crippen LogP contribution is 2.20. The Morgan fingerprint density at radius 2 is 1.96 bits per heavy atom. The number of hydrogen-bond donors (Lipinski definition) is 2. The number of amides is 2. The Hall–Kier alpha value is -1.88. The molecule has 0 spiro atoms. The first-order chi connectivity index (χ1) is 10.9. The predicted molar refractivity (Wildman–Crippen MR) is 89.0 cm³/mol. The molecule has 5 nitrogen and oxygen atoms in total. The molecule has 0 bridgehead atoms.